The van der Waals surface area contributed by atoms with Gasteiger partial charge in [0.1, 0.15) is 6.04 Å². The van der Waals surface area contributed by atoms with Crippen molar-refractivity contribution in [1.29, 1.82) is 0 Å². The van der Waals surface area contributed by atoms with E-state index in [0.29, 0.717) is 5.56 Å². The van der Waals surface area contributed by atoms with Gasteiger partial charge in [-0.25, -0.2) is 0 Å². The third-order valence-corrected chi connectivity index (χ3v) is 6.45. The zero-order valence-electron chi connectivity index (χ0n) is 17.3. The van der Waals surface area contributed by atoms with Gasteiger partial charge in [0.25, 0.3) is 5.91 Å². The van der Waals surface area contributed by atoms with Gasteiger partial charge in [0, 0.05) is 18.2 Å². The lowest BCUT2D eigenvalue weighted by atomic mass is 9.65. The second-order valence-electron chi connectivity index (χ2n) is 9.90. The zero-order chi connectivity index (χ0) is 20.1. The van der Waals surface area contributed by atoms with Crippen LogP contribution < -0.4 is 5.32 Å². The molecule has 1 saturated heterocycles. The third-order valence-electron chi connectivity index (χ3n) is 6.45. The minimum Gasteiger partial charge on any atom is -0.341 e. The number of nitrogens with zero attached hydrogens (tertiary/aromatic N) is 1. The summed E-state index contributed by atoms with van der Waals surface area (Å²) in [5.74, 6) is -0.147. The molecule has 28 heavy (non-hydrogen) atoms. The van der Waals surface area contributed by atoms with Crippen LogP contribution in [0.5, 0.6) is 0 Å². The van der Waals surface area contributed by atoms with Crippen molar-refractivity contribution >= 4 is 22.6 Å². The molecule has 4 rings (SSSR count). The molecule has 3 unspecified atom stereocenters. The number of benzene rings is 2. The minimum absolute atomic E-state index is 0.0417. The summed E-state index contributed by atoms with van der Waals surface area (Å²) in [7, 11) is 0. The van der Waals surface area contributed by atoms with E-state index in [1.54, 1.807) is 6.92 Å². The standard InChI is InChI=1S/C24H30N2O2/c1-16(22(28)26-15-24(4)13-18(26)12-23(2,3)14-24)25-21(27)20-11-7-9-17-8-5-6-10-19(17)20/h5-11,16,18H,12-15H2,1-4H3,(H,25,27). The SMILES string of the molecule is CC(NC(=O)c1cccc2ccccc12)C(=O)N1CC2(C)CC1CC(C)(C)C2. The van der Waals surface area contributed by atoms with Crippen LogP contribution in [0.4, 0.5) is 0 Å². The Kier molecular flexibility index (Phi) is 4.48. The van der Waals surface area contributed by atoms with Crippen molar-refractivity contribution in [3.05, 3.63) is 48.0 Å². The van der Waals surface area contributed by atoms with Crippen molar-refractivity contribution in [2.45, 2.75) is 59.0 Å². The van der Waals surface area contributed by atoms with E-state index in [4.69, 9.17) is 0 Å². The molecule has 2 amide bonds. The van der Waals surface area contributed by atoms with Crippen molar-refractivity contribution in [1.82, 2.24) is 10.2 Å². The maximum absolute atomic E-state index is 13.2. The lowest BCUT2D eigenvalue weighted by molar-refractivity contribution is -0.134. The largest absolute Gasteiger partial charge is 0.341 e. The highest BCUT2D eigenvalue weighted by Crippen LogP contribution is 2.52. The minimum atomic E-state index is -0.530. The van der Waals surface area contributed by atoms with E-state index in [2.05, 4.69) is 26.1 Å². The number of amides is 2. The van der Waals surface area contributed by atoms with Crippen LogP contribution in [0.15, 0.2) is 42.5 Å². The van der Waals surface area contributed by atoms with Crippen molar-refractivity contribution in [2.24, 2.45) is 10.8 Å². The first-order chi connectivity index (χ1) is 13.2. The lowest BCUT2D eigenvalue weighted by Gasteiger charge is -2.39. The van der Waals surface area contributed by atoms with Crippen LogP contribution in [0.2, 0.25) is 0 Å². The van der Waals surface area contributed by atoms with Crippen LogP contribution in [0.1, 0.15) is 57.3 Å². The van der Waals surface area contributed by atoms with Crippen molar-refractivity contribution in [3.8, 4) is 0 Å². The predicted octanol–water partition coefficient (Wildman–Crippen LogP) is 4.39. The number of nitrogens with one attached hydrogen (secondary N) is 1. The molecule has 0 radical (unpaired) electrons. The smallest absolute Gasteiger partial charge is 0.252 e. The zero-order valence-corrected chi connectivity index (χ0v) is 17.3. The Bertz CT molecular complexity index is 930. The monoisotopic (exact) mass is 378 g/mol. The Morgan fingerprint density at radius 1 is 1.07 bits per heavy atom. The number of hydrogen-bond donors (Lipinski definition) is 1. The van der Waals surface area contributed by atoms with Gasteiger partial charge in [0.15, 0.2) is 0 Å². The molecule has 148 valence electrons. The maximum Gasteiger partial charge on any atom is 0.252 e. The molecule has 2 fully saturated rings. The fourth-order valence-corrected chi connectivity index (χ4v) is 5.73. The van der Waals surface area contributed by atoms with Gasteiger partial charge in [0.2, 0.25) is 5.91 Å². The number of likely N-dealkylation sites (tertiary alicyclic amines) is 1. The van der Waals surface area contributed by atoms with E-state index >= 15 is 0 Å². The number of hydrogen-bond acceptors (Lipinski definition) is 2. The first kappa shape index (κ1) is 19.0. The lowest BCUT2D eigenvalue weighted by Crippen LogP contribution is -2.49. The molecule has 0 spiro atoms. The molecule has 4 nitrogen and oxygen atoms in total. The number of fused-ring (bicyclic) bond motifs is 3. The first-order valence-electron chi connectivity index (χ1n) is 10.3. The summed E-state index contributed by atoms with van der Waals surface area (Å²) >= 11 is 0. The van der Waals surface area contributed by atoms with Crippen LogP contribution in [0.3, 0.4) is 0 Å². The molecule has 2 aromatic rings. The molecule has 2 aromatic carbocycles. The Labute approximate surface area is 167 Å². The quantitative estimate of drug-likeness (QED) is 0.861. The van der Waals surface area contributed by atoms with E-state index in [0.717, 1.165) is 36.6 Å². The van der Waals surface area contributed by atoms with Crippen molar-refractivity contribution < 1.29 is 9.59 Å². The van der Waals surface area contributed by atoms with Gasteiger partial charge in [-0.3, -0.25) is 9.59 Å². The van der Waals surface area contributed by atoms with E-state index in [-0.39, 0.29) is 28.7 Å². The highest BCUT2D eigenvalue weighted by Gasteiger charge is 2.51. The fraction of sp³-hybridized carbons (Fsp3) is 0.500. The van der Waals surface area contributed by atoms with E-state index in [9.17, 15) is 9.59 Å². The second-order valence-corrected chi connectivity index (χ2v) is 9.90. The summed E-state index contributed by atoms with van der Waals surface area (Å²) < 4.78 is 0. The Morgan fingerprint density at radius 3 is 2.57 bits per heavy atom. The molecule has 4 heteroatoms. The van der Waals surface area contributed by atoms with E-state index in [1.807, 2.05) is 47.4 Å². The number of carbonyl (C=O) groups is 2. The summed E-state index contributed by atoms with van der Waals surface area (Å²) in [6.45, 7) is 9.51. The Morgan fingerprint density at radius 2 is 1.79 bits per heavy atom. The average Bonchev–Trinajstić information content (AvgIpc) is 2.89. The molecule has 2 aliphatic rings. The fourth-order valence-electron chi connectivity index (χ4n) is 5.73. The molecular weight excluding hydrogens is 348 g/mol. The van der Waals surface area contributed by atoms with Gasteiger partial charge in [0.05, 0.1) is 0 Å². The summed E-state index contributed by atoms with van der Waals surface area (Å²) in [5.41, 5.74) is 1.08. The summed E-state index contributed by atoms with van der Waals surface area (Å²) in [5, 5.41) is 4.88. The first-order valence-corrected chi connectivity index (χ1v) is 10.3. The maximum atomic E-state index is 13.2. The second kappa shape index (κ2) is 6.61. The predicted molar refractivity (Wildman–Crippen MR) is 112 cm³/mol. The molecule has 1 aliphatic carbocycles. The van der Waals surface area contributed by atoms with Gasteiger partial charge in [-0.2, -0.15) is 0 Å². The summed E-state index contributed by atoms with van der Waals surface area (Å²) in [6, 6.07) is 13.3. The van der Waals surface area contributed by atoms with Crippen LogP contribution in [0.25, 0.3) is 10.8 Å². The molecule has 1 heterocycles. The Balaban J connectivity index is 1.50. The van der Waals surface area contributed by atoms with Gasteiger partial charge in [-0.05, 0) is 53.9 Å². The van der Waals surface area contributed by atoms with Crippen LogP contribution >= 0.6 is 0 Å². The third kappa shape index (κ3) is 3.41. The molecular formula is C24H30N2O2. The highest BCUT2D eigenvalue weighted by atomic mass is 16.2. The highest BCUT2D eigenvalue weighted by molar-refractivity contribution is 6.08. The molecule has 2 bridgehead atoms. The molecule has 1 aliphatic heterocycles. The van der Waals surface area contributed by atoms with Crippen LogP contribution in [-0.4, -0.2) is 35.3 Å². The van der Waals surface area contributed by atoms with Crippen LogP contribution in [-0.2, 0) is 4.79 Å². The van der Waals surface area contributed by atoms with Gasteiger partial charge >= 0.3 is 0 Å². The van der Waals surface area contributed by atoms with Crippen LogP contribution in [0, 0.1) is 10.8 Å². The molecule has 1 N–H and O–H groups in total. The summed E-state index contributed by atoms with van der Waals surface area (Å²) in [6.07, 6.45) is 3.27. The normalized spacial score (nSPS) is 26.9. The van der Waals surface area contributed by atoms with Crippen molar-refractivity contribution in [3.63, 3.8) is 0 Å². The van der Waals surface area contributed by atoms with E-state index in [1.165, 1.54) is 0 Å². The van der Waals surface area contributed by atoms with Gasteiger partial charge < -0.3 is 10.2 Å². The molecule has 0 aromatic heterocycles. The molecule has 1 saturated carbocycles. The van der Waals surface area contributed by atoms with E-state index < -0.39 is 6.04 Å². The number of carbonyl (C=O) groups excluding carboxylic acids is 2. The Hall–Kier alpha value is -2.36. The summed E-state index contributed by atoms with van der Waals surface area (Å²) in [4.78, 5) is 28.1. The average molecular weight is 379 g/mol. The number of rotatable bonds is 3. The van der Waals surface area contributed by atoms with Gasteiger partial charge in [-0.15, -0.1) is 0 Å². The van der Waals surface area contributed by atoms with Gasteiger partial charge in [-0.1, -0.05) is 57.2 Å². The topological polar surface area (TPSA) is 49.4 Å². The molecule has 3 atom stereocenters. The van der Waals surface area contributed by atoms with Crippen molar-refractivity contribution in [2.75, 3.05) is 6.54 Å².